The number of hydrogen-bond acceptors (Lipinski definition) is 3. The number of fused-ring (bicyclic) bond motifs is 1. The highest BCUT2D eigenvalue weighted by molar-refractivity contribution is 7.18. The maximum Gasteiger partial charge on any atom is 0.312 e. The Bertz CT molecular complexity index is 511. The third-order valence-electron chi connectivity index (χ3n) is 1.83. The molecule has 15 heavy (non-hydrogen) atoms. The van der Waals surface area contributed by atoms with Crippen LogP contribution >= 0.6 is 22.9 Å². The first kappa shape index (κ1) is 10.2. The van der Waals surface area contributed by atoms with E-state index in [2.05, 4.69) is 10.3 Å². The van der Waals surface area contributed by atoms with E-state index in [1.165, 1.54) is 11.3 Å². The fourth-order valence-corrected chi connectivity index (χ4v) is 2.41. The zero-order valence-corrected chi connectivity index (χ0v) is 9.23. The van der Waals surface area contributed by atoms with Crippen LogP contribution in [0.3, 0.4) is 0 Å². The molecule has 1 aromatic carbocycles. The molecule has 0 fully saturated rings. The van der Waals surface area contributed by atoms with Crippen LogP contribution in [0, 0.1) is 0 Å². The minimum Gasteiger partial charge on any atom is -0.352 e. The summed E-state index contributed by atoms with van der Waals surface area (Å²) in [5, 5.41) is 3.89. The lowest BCUT2D eigenvalue weighted by Gasteiger charge is -1.95. The summed E-state index contributed by atoms with van der Waals surface area (Å²) in [5.41, 5.74) is 5.73. The summed E-state index contributed by atoms with van der Waals surface area (Å²) in [6.07, 6.45) is 0. The van der Waals surface area contributed by atoms with Crippen molar-refractivity contribution in [3.8, 4) is 0 Å². The van der Waals surface area contributed by atoms with Crippen LogP contribution in [0.25, 0.3) is 10.2 Å². The number of hydrogen-bond donors (Lipinski definition) is 2. The Morgan fingerprint density at radius 2 is 2.40 bits per heavy atom. The van der Waals surface area contributed by atoms with E-state index < -0.39 is 6.03 Å². The van der Waals surface area contributed by atoms with Gasteiger partial charge in [-0.3, -0.25) is 0 Å². The molecule has 0 saturated heterocycles. The molecule has 2 amide bonds. The molecule has 78 valence electrons. The van der Waals surface area contributed by atoms with Gasteiger partial charge in [0.1, 0.15) is 10.5 Å². The summed E-state index contributed by atoms with van der Waals surface area (Å²) >= 11 is 7.45. The van der Waals surface area contributed by atoms with Gasteiger partial charge in [-0.15, -0.1) is 11.3 Å². The SMILES string of the molecule is NC(=O)NCc1nc2c(Cl)cccc2s1. The van der Waals surface area contributed by atoms with E-state index in [4.69, 9.17) is 17.3 Å². The van der Waals surface area contributed by atoms with Crippen molar-refractivity contribution in [2.24, 2.45) is 5.73 Å². The first-order chi connectivity index (χ1) is 7.16. The van der Waals surface area contributed by atoms with Gasteiger partial charge in [-0.25, -0.2) is 9.78 Å². The lowest BCUT2D eigenvalue weighted by Crippen LogP contribution is -2.28. The third-order valence-corrected chi connectivity index (χ3v) is 3.15. The van der Waals surface area contributed by atoms with Crippen LogP contribution in [0.5, 0.6) is 0 Å². The number of rotatable bonds is 2. The standard InChI is InChI=1S/C9H8ClN3OS/c10-5-2-1-3-6-8(5)13-7(15-6)4-12-9(11)14/h1-3H,4H2,(H3,11,12,14). The number of nitrogens with two attached hydrogens (primary N) is 1. The molecule has 0 atom stereocenters. The lowest BCUT2D eigenvalue weighted by molar-refractivity contribution is 0.248. The molecule has 0 unspecified atom stereocenters. The molecular formula is C9H8ClN3OS. The zero-order chi connectivity index (χ0) is 10.8. The van der Waals surface area contributed by atoms with Crippen LogP contribution in [0.1, 0.15) is 5.01 Å². The molecule has 1 aromatic heterocycles. The van der Waals surface area contributed by atoms with Crippen molar-refractivity contribution in [2.45, 2.75) is 6.54 Å². The maximum absolute atomic E-state index is 10.5. The Morgan fingerprint density at radius 1 is 1.60 bits per heavy atom. The van der Waals surface area contributed by atoms with Gasteiger partial charge in [0.05, 0.1) is 16.3 Å². The normalized spacial score (nSPS) is 10.5. The summed E-state index contributed by atoms with van der Waals surface area (Å²) in [4.78, 5) is 14.8. The van der Waals surface area contributed by atoms with Gasteiger partial charge >= 0.3 is 6.03 Å². The Balaban J connectivity index is 2.31. The molecular weight excluding hydrogens is 234 g/mol. The fraction of sp³-hybridized carbons (Fsp3) is 0.111. The summed E-state index contributed by atoms with van der Waals surface area (Å²) in [5.74, 6) is 0. The molecule has 1 heterocycles. The number of thiazole rings is 1. The topological polar surface area (TPSA) is 68.0 Å². The Labute approximate surface area is 95.1 Å². The van der Waals surface area contributed by atoms with E-state index in [0.717, 1.165) is 15.2 Å². The summed E-state index contributed by atoms with van der Waals surface area (Å²) in [7, 11) is 0. The van der Waals surface area contributed by atoms with Crippen LogP contribution in [0.2, 0.25) is 5.02 Å². The van der Waals surface area contributed by atoms with Gasteiger partial charge in [0.2, 0.25) is 0 Å². The maximum atomic E-state index is 10.5. The molecule has 6 heteroatoms. The summed E-state index contributed by atoms with van der Waals surface area (Å²) < 4.78 is 1.00. The van der Waals surface area contributed by atoms with Crippen molar-refractivity contribution in [2.75, 3.05) is 0 Å². The van der Waals surface area contributed by atoms with Crippen LogP contribution in [-0.2, 0) is 6.54 Å². The number of carbonyl (C=O) groups excluding carboxylic acids is 1. The molecule has 0 saturated carbocycles. The molecule has 2 aromatic rings. The molecule has 0 aliphatic heterocycles. The van der Waals surface area contributed by atoms with E-state index in [1.54, 1.807) is 6.07 Å². The number of benzene rings is 1. The molecule has 4 nitrogen and oxygen atoms in total. The van der Waals surface area contributed by atoms with Crippen LogP contribution in [0.15, 0.2) is 18.2 Å². The number of nitrogens with one attached hydrogen (secondary N) is 1. The molecule has 0 aliphatic carbocycles. The first-order valence-corrected chi connectivity index (χ1v) is 5.43. The number of urea groups is 1. The number of amides is 2. The lowest BCUT2D eigenvalue weighted by atomic mass is 10.3. The second kappa shape index (κ2) is 4.04. The molecule has 2 rings (SSSR count). The fourth-order valence-electron chi connectivity index (χ4n) is 1.20. The third kappa shape index (κ3) is 2.19. The van der Waals surface area contributed by atoms with Gasteiger partial charge < -0.3 is 11.1 Å². The average molecular weight is 242 g/mol. The van der Waals surface area contributed by atoms with Gasteiger partial charge in [-0.1, -0.05) is 17.7 Å². The van der Waals surface area contributed by atoms with E-state index in [1.807, 2.05) is 12.1 Å². The van der Waals surface area contributed by atoms with Crippen LogP contribution in [0.4, 0.5) is 4.79 Å². The van der Waals surface area contributed by atoms with E-state index in [-0.39, 0.29) is 0 Å². The highest BCUT2D eigenvalue weighted by Crippen LogP contribution is 2.27. The second-order valence-electron chi connectivity index (χ2n) is 2.91. The summed E-state index contributed by atoms with van der Waals surface area (Å²) in [6.45, 7) is 0.338. The Kier molecular flexibility index (Phi) is 2.75. The van der Waals surface area contributed by atoms with Crippen molar-refractivity contribution in [3.05, 3.63) is 28.2 Å². The van der Waals surface area contributed by atoms with Crippen molar-refractivity contribution in [3.63, 3.8) is 0 Å². The number of primary amides is 1. The highest BCUT2D eigenvalue weighted by Gasteiger charge is 2.06. The zero-order valence-electron chi connectivity index (χ0n) is 7.66. The Morgan fingerprint density at radius 3 is 3.07 bits per heavy atom. The monoisotopic (exact) mass is 241 g/mol. The minimum absolute atomic E-state index is 0.338. The van der Waals surface area contributed by atoms with Crippen molar-refractivity contribution in [1.82, 2.24) is 10.3 Å². The van der Waals surface area contributed by atoms with Crippen molar-refractivity contribution >= 4 is 39.2 Å². The van der Waals surface area contributed by atoms with E-state index in [9.17, 15) is 4.79 Å². The highest BCUT2D eigenvalue weighted by atomic mass is 35.5. The number of halogens is 1. The van der Waals surface area contributed by atoms with Gasteiger partial charge in [0, 0.05) is 0 Å². The predicted molar refractivity (Wildman–Crippen MR) is 61.1 cm³/mol. The van der Waals surface area contributed by atoms with Gasteiger partial charge in [-0.05, 0) is 12.1 Å². The van der Waals surface area contributed by atoms with Gasteiger partial charge in [0.25, 0.3) is 0 Å². The van der Waals surface area contributed by atoms with Crippen molar-refractivity contribution < 1.29 is 4.79 Å². The Hall–Kier alpha value is -1.33. The van der Waals surface area contributed by atoms with E-state index in [0.29, 0.717) is 11.6 Å². The van der Waals surface area contributed by atoms with E-state index >= 15 is 0 Å². The number of nitrogens with zero attached hydrogens (tertiary/aromatic N) is 1. The molecule has 3 N–H and O–H groups in total. The second-order valence-corrected chi connectivity index (χ2v) is 4.43. The quantitative estimate of drug-likeness (QED) is 0.846. The largest absolute Gasteiger partial charge is 0.352 e. The van der Waals surface area contributed by atoms with Crippen LogP contribution in [-0.4, -0.2) is 11.0 Å². The number of aromatic nitrogens is 1. The number of carbonyl (C=O) groups is 1. The molecule has 0 radical (unpaired) electrons. The minimum atomic E-state index is -0.555. The smallest absolute Gasteiger partial charge is 0.312 e. The van der Waals surface area contributed by atoms with Gasteiger partial charge in [0.15, 0.2) is 0 Å². The predicted octanol–water partition coefficient (Wildman–Crippen LogP) is 2.12. The van der Waals surface area contributed by atoms with Crippen LogP contribution < -0.4 is 11.1 Å². The molecule has 0 bridgehead atoms. The van der Waals surface area contributed by atoms with Gasteiger partial charge in [-0.2, -0.15) is 0 Å². The first-order valence-electron chi connectivity index (χ1n) is 4.24. The average Bonchev–Trinajstić information content (AvgIpc) is 2.59. The van der Waals surface area contributed by atoms with Crippen molar-refractivity contribution in [1.29, 1.82) is 0 Å². The number of para-hydroxylation sites is 1. The summed E-state index contributed by atoms with van der Waals surface area (Å²) in [6, 6.07) is 5.04. The molecule has 0 spiro atoms. The molecule has 0 aliphatic rings.